The number of nitrogens with zero attached hydrogens (tertiary/aromatic N) is 2. The first-order chi connectivity index (χ1) is 13.7. The molecule has 29 heavy (non-hydrogen) atoms. The first-order valence-corrected chi connectivity index (χ1v) is 9.30. The molecule has 0 saturated carbocycles. The summed E-state index contributed by atoms with van der Waals surface area (Å²) >= 11 is 0. The van der Waals surface area contributed by atoms with Crippen molar-refractivity contribution in [2.75, 3.05) is 13.7 Å². The molecule has 0 aliphatic heterocycles. The van der Waals surface area contributed by atoms with Gasteiger partial charge in [-0.2, -0.15) is 13.2 Å². The van der Waals surface area contributed by atoms with Gasteiger partial charge in [-0.3, -0.25) is 9.78 Å². The van der Waals surface area contributed by atoms with Crippen molar-refractivity contribution in [3.05, 3.63) is 59.4 Å². The zero-order valence-electron chi connectivity index (χ0n) is 16.6. The van der Waals surface area contributed by atoms with Crippen LogP contribution in [0.4, 0.5) is 13.2 Å². The predicted octanol–water partition coefficient (Wildman–Crippen LogP) is 4.01. The summed E-state index contributed by atoms with van der Waals surface area (Å²) in [5.74, 6) is 0.187. The summed E-state index contributed by atoms with van der Waals surface area (Å²) in [6.07, 6.45) is -1.80. The quantitative estimate of drug-likeness (QED) is 0.714. The number of carbonyl (C=O) groups is 1. The van der Waals surface area contributed by atoms with Gasteiger partial charge in [0.1, 0.15) is 11.9 Å². The van der Waals surface area contributed by atoms with Gasteiger partial charge in [-0.1, -0.05) is 19.1 Å². The fraction of sp³-hybridized carbons (Fsp3) is 0.429. The first-order valence-electron chi connectivity index (χ1n) is 9.30. The topological polar surface area (TPSA) is 62.7 Å². The molecule has 1 heterocycles. The largest absolute Gasteiger partial charge is 0.496 e. The number of benzene rings is 1. The van der Waals surface area contributed by atoms with E-state index in [1.165, 1.54) is 30.3 Å². The summed E-state index contributed by atoms with van der Waals surface area (Å²) < 4.78 is 43.4. The van der Waals surface area contributed by atoms with Crippen molar-refractivity contribution in [1.29, 1.82) is 0 Å². The molecule has 5 nitrogen and oxygen atoms in total. The van der Waals surface area contributed by atoms with E-state index in [0.717, 1.165) is 12.1 Å². The summed E-state index contributed by atoms with van der Waals surface area (Å²) in [7, 11) is 1.48. The molecule has 1 aromatic carbocycles. The number of hydrogen-bond acceptors (Lipinski definition) is 4. The standard InChI is InChI=1S/C21H25F3N2O3/c1-4-11-26(14(2)20(28)17-13-25-10-9-18(17)29-3)19(27)12-15-5-7-16(8-6-15)21(22,23)24/h5-10,13-14,20,28H,4,11-12H2,1-3H3/t14-,20?/m0/s1. The van der Waals surface area contributed by atoms with Gasteiger partial charge >= 0.3 is 6.18 Å². The maximum absolute atomic E-state index is 12.9. The van der Waals surface area contributed by atoms with Crippen LogP contribution in [0, 0.1) is 0 Å². The second-order valence-corrected chi connectivity index (χ2v) is 6.76. The molecule has 1 unspecified atom stereocenters. The van der Waals surface area contributed by atoms with Crippen LogP contribution in [0.2, 0.25) is 0 Å². The van der Waals surface area contributed by atoms with E-state index < -0.39 is 23.9 Å². The highest BCUT2D eigenvalue weighted by atomic mass is 19.4. The van der Waals surface area contributed by atoms with Crippen LogP contribution in [0.1, 0.15) is 43.1 Å². The van der Waals surface area contributed by atoms with Crippen molar-refractivity contribution in [3.63, 3.8) is 0 Å². The van der Waals surface area contributed by atoms with Gasteiger partial charge in [0.25, 0.3) is 0 Å². The van der Waals surface area contributed by atoms with E-state index in [-0.39, 0.29) is 12.3 Å². The van der Waals surface area contributed by atoms with Crippen LogP contribution >= 0.6 is 0 Å². The van der Waals surface area contributed by atoms with Gasteiger partial charge in [0.2, 0.25) is 5.91 Å². The van der Waals surface area contributed by atoms with Crippen molar-refractivity contribution in [2.45, 2.75) is 45.0 Å². The maximum Gasteiger partial charge on any atom is 0.416 e. The van der Waals surface area contributed by atoms with Crippen molar-refractivity contribution in [1.82, 2.24) is 9.88 Å². The molecule has 0 radical (unpaired) electrons. The summed E-state index contributed by atoms with van der Waals surface area (Å²) in [6, 6.07) is 5.58. The third-order valence-electron chi connectivity index (χ3n) is 4.72. The first kappa shape index (κ1) is 22.7. The molecular weight excluding hydrogens is 385 g/mol. The number of hydrogen-bond donors (Lipinski definition) is 1. The summed E-state index contributed by atoms with van der Waals surface area (Å²) in [5.41, 5.74) is 0.183. The van der Waals surface area contributed by atoms with Crippen LogP contribution in [0.15, 0.2) is 42.7 Å². The number of pyridine rings is 1. The summed E-state index contributed by atoms with van der Waals surface area (Å²) in [4.78, 5) is 18.4. The molecule has 8 heteroatoms. The number of carbonyl (C=O) groups excluding carboxylic acids is 1. The Kier molecular flexibility index (Phi) is 7.61. The number of aromatic nitrogens is 1. The van der Waals surface area contributed by atoms with Crippen molar-refractivity contribution >= 4 is 5.91 Å². The molecular formula is C21H25F3N2O3. The van der Waals surface area contributed by atoms with Gasteiger partial charge in [-0.05, 0) is 37.1 Å². The highest BCUT2D eigenvalue weighted by Gasteiger charge is 2.31. The van der Waals surface area contributed by atoms with Crippen LogP contribution in [-0.2, 0) is 17.4 Å². The SMILES string of the molecule is CCCN(C(=O)Cc1ccc(C(F)(F)F)cc1)[C@@H](C)C(O)c1cnccc1OC. The van der Waals surface area contributed by atoms with Crippen LogP contribution < -0.4 is 4.74 Å². The van der Waals surface area contributed by atoms with Crippen LogP contribution in [0.3, 0.4) is 0 Å². The molecule has 0 aliphatic rings. The minimum atomic E-state index is -4.42. The molecule has 0 saturated heterocycles. The van der Waals surface area contributed by atoms with E-state index in [1.54, 1.807) is 19.2 Å². The van der Waals surface area contributed by atoms with E-state index in [1.807, 2.05) is 6.92 Å². The highest BCUT2D eigenvalue weighted by Crippen LogP contribution is 2.30. The number of rotatable bonds is 8. The molecule has 1 amide bonds. The monoisotopic (exact) mass is 410 g/mol. The number of aliphatic hydroxyl groups excluding tert-OH is 1. The molecule has 0 aliphatic carbocycles. The molecule has 2 rings (SSSR count). The Labute approximate surface area is 168 Å². The summed E-state index contributed by atoms with van der Waals surface area (Å²) in [5, 5.41) is 10.8. The molecule has 0 spiro atoms. The number of methoxy groups -OCH3 is 1. The molecule has 0 fully saturated rings. The summed E-state index contributed by atoms with van der Waals surface area (Å²) in [6.45, 7) is 4.03. The van der Waals surface area contributed by atoms with Gasteiger partial charge in [0, 0.05) is 24.5 Å². The van der Waals surface area contributed by atoms with Crippen LogP contribution in [-0.4, -0.2) is 40.6 Å². The van der Waals surface area contributed by atoms with E-state index >= 15 is 0 Å². The van der Waals surface area contributed by atoms with Crippen molar-refractivity contribution in [2.24, 2.45) is 0 Å². The molecule has 2 aromatic rings. The Morgan fingerprint density at radius 1 is 1.24 bits per heavy atom. The van der Waals surface area contributed by atoms with Crippen LogP contribution in [0.5, 0.6) is 5.75 Å². The minimum absolute atomic E-state index is 0.0562. The number of amides is 1. The Morgan fingerprint density at radius 3 is 2.45 bits per heavy atom. The number of ether oxygens (including phenoxy) is 1. The maximum atomic E-state index is 12.9. The van der Waals surface area contributed by atoms with E-state index in [4.69, 9.17) is 4.74 Å². The lowest BCUT2D eigenvalue weighted by atomic mass is 10.0. The van der Waals surface area contributed by atoms with E-state index in [9.17, 15) is 23.1 Å². The van der Waals surface area contributed by atoms with Crippen LogP contribution in [0.25, 0.3) is 0 Å². The van der Waals surface area contributed by atoms with Gasteiger partial charge < -0.3 is 14.7 Å². The predicted molar refractivity (Wildman–Crippen MR) is 102 cm³/mol. The lowest BCUT2D eigenvalue weighted by Crippen LogP contribution is -2.43. The zero-order valence-corrected chi connectivity index (χ0v) is 16.6. The zero-order chi connectivity index (χ0) is 21.6. The smallest absolute Gasteiger partial charge is 0.416 e. The lowest BCUT2D eigenvalue weighted by Gasteiger charge is -2.33. The average molecular weight is 410 g/mol. The minimum Gasteiger partial charge on any atom is -0.496 e. The lowest BCUT2D eigenvalue weighted by molar-refractivity contribution is -0.137. The molecule has 2 atom stereocenters. The normalized spacial score (nSPS) is 13.6. The van der Waals surface area contributed by atoms with Gasteiger partial charge in [-0.25, -0.2) is 0 Å². The highest BCUT2D eigenvalue weighted by molar-refractivity contribution is 5.79. The Balaban J connectivity index is 2.17. The second kappa shape index (κ2) is 9.73. The molecule has 0 bridgehead atoms. The number of halogens is 3. The van der Waals surface area contributed by atoms with Gasteiger partial charge in [-0.15, -0.1) is 0 Å². The molecule has 158 valence electrons. The average Bonchev–Trinajstić information content (AvgIpc) is 2.70. The Bertz CT molecular complexity index is 810. The fourth-order valence-corrected chi connectivity index (χ4v) is 3.12. The van der Waals surface area contributed by atoms with E-state index in [0.29, 0.717) is 29.8 Å². The Morgan fingerprint density at radius 2 is 1.90 bits per heavy atom. The van der Waals surface area contributed by atoms with E-state index in [2.05, 4.69) is 4.98 Å². The van der Waals surface area contributed by atoms with Gasteiger partial charge in [0.15, 0.2) is 0 Å². The third-order valence-corrected chi connectivity index (χ3v) is 4.72. The second-order valence-electron chi connectivity index (χ2n) is 6.76. The van der Waals surface area contributed by atoms with Crippen molar-refractivity contribution in [3.8, 4) is 5.75 Å². The van der Waals surface area contributed by atoms with Gasteiger partial charge in [0.05, 0.1) is 25.1 Å². The number of aliphatic hydroxyl groups is 1. The van der Waals surface area contributed by atoms with Crippen molar-refractivity contribution < 1.29 is 27.8 Å². The fourth-order valence-electron chi connectivity index (χ4n) is 3.12. The number of alkyl halides is 3. The molecule has 1 aromatic heterocycles. The Hall–Kier alpha value is -2.61. The molecule has 1 N–H and O–H groups in total. The third kappa shape index (κ3) is 5.69.